The second kappa shape index (κ2) is 5.58. The molecule has 0 saturated heterocycles. The first-order valence-corrected chi connectivity index (χ1v) is 6.73. The quantitative estimate of drug-likeness (QED) is 0.738. The average molecular weight is 303 g/mol. The average Bonchev–Trinajstić information content (AvgIpc) is 2.50. The van der Waals surface area contributed by atoms with Gasteiger partial charge in [0.15, 0.2) is 0 Å². The molecule has 1 aromatic heterocycles. The van der Waals surface area contributed by atoms with E-state index in [0.29, 0.717) is 17.0 Å². The predicted octanol–water partition coefficient (Wildman–Crippen LogP) is 4.19. The zero-order valence-corrected chi connectivity index (χ0v) is 11.8. The van der Waals surface area contributed by atoms with Crippen molar-refractivity contribution in [2.24, 2.45) is 0 Å². The van der Waals surface area contributed by atoms with Gasteiger partial charge in [-0.25, -0.2) is 4.39 Å². The van der Waals surface area contributed by atoms with Crippen LogP contribution in [-0.4, -0.2) is 4.98 Å². The van der Waals surface area contributed by atoms with Crippen LogP contribution in [0.25, 0.3) is 10.9 Å². The highest BCUT2D eigenvalue weighted by Gasteiger charge is 2.07. The van der Waals surface area contributed by atoms with Crippen LogP contribution >= 0.6 is 11.6 Å². The number of nitrogen functional groups attached to an aromatic ring is 1. The van der Waals surface area contributed by atoms with Gasteiger partial charge in [0.05, 0.1) is 5.02 Å². The van der Waals surface area contributed by atoms with E-state index in [2.05, 4.69) is 4.98 Å². The number of hydrogen-bond donors (Lipinski definition) is 1. The van der Waals surface area contributed by atoms with Gasteiger partial charge in [-0.2, -0.15) is 0 Å². The molecule has 106 valence electrons. The van der Waals surface area contributed by atoms with Crippen molar-refractivity contribution >= 4 is 28.2 Å². The highest BCUT2D eigenvalue weighted by molar-refractivity contribution is 6.30. The number of rotatable bonds is 3. The molecule has 0 aliphatic carbocycles. The number of nitrogens with two attached hydrogens (primary N) is 1. The van der Waals surface area contributed by atoms with Crippen LogP contribution in [0.1, 0.15) is 5.56 Å². The minimum atomic E-state index is -0.444. The monoisotopic (exact) mass is 302 g/mol. The molecule has 0 unspecified atom stereocenters. The SMILES string of the molecule is Nc1ccc(OCc2ccc(F)c(Cl)c2)c2ncccc12. The summed E-state index contributed by atoms with van der Waals surface area (Å²) in [6.45, 7) is 0.273. The Morgan fingerprint density at radius 3 is 2.86 bits per heavy atom. The minimum absolute atomic E-state index is 0.0800. The van der Waals surface area contributed by atoms with Gasteiger partial charge in [0.2, 0.25) is 0 Å². The summed E-state index contributed by atoms with van der Waals surface area (Å²) in [6.07, 6.45) is 1.68. The molecule has 2 N–H and O–H groups in total. The van der Waals surface area contributed by atoms with Crippen LogP contribution in [0.15, 0.2) is 48.7 Å². The van der Waals surface area contributed by atoms with Crippen LogP contribution in [0.5, 0.6) is 5.75 Å². The molecule has 0 atom stereocenters. The standard InChI is InChI=1S/C16H12ClFN2O/c17-12-8-10(3-4-13(12)18)9-21-15-6-5-14(19)11-2-1-7-20-16(11)15/h1-8H,9,19H2. The molecule has 21 heavy (non-hydrogen) atoms. The van der Waals surface area contributed by atoms with Crippen molar-refractivity contribution < 1.29 is 9.13 Å². The summed E-state index contributed by atoms with van der Waals surface area (Å²) >= 11 is 5.75. The van der Waals surface area contributed by atoms with Gasteiger partial charge in [-0.05, 0) is 42.0 Å². The Balaban J connectivity index is 1.88. The lowest BCUT2D eigenvalue weighted by Crippen LogP contribution is -1.98. The minimum Gasteiger partial charge on any atom is -0.487 e. The number of fused-ring (bicyclic) bond motifs is 1. The molecule has 0 bridgehead atoms. The highest BCUT2D eigenvalue weighted by atomic mass is 35.5. The van der Waals surface area contributed by atoms with Crippen molar-refractivity contribution in [1.29, 1.82) is 0 Å². The number of anilines is 1. The molecule has 2 aromatic carbocycles. The molecule has 0 spiro atoms. The van der Waals surface area contributed by atoms with Crippen LogP contribution in [-0.2, 0) is 6.61 Å². The van der Waals surface area contributed by atoms with Crippen molar-refractivity contribution in [3.05, 3.63) is 65.1 Å². The molecule has 0 radical (unpaired) electrons. The first-order valence-electron chi connectivity index (χ1n) is 6.35. The molecule has 0 aliphatic rings. The topological polar surface area (TPSA) is 48.1 Å². The second-order valence-corrected chi connectivity index (χ2v) is 5.00. The van der Waals surface area contributed by atoms with Gasteiger partial charge >= 0.3 is 0 Å². The molecule has 0 fully saturated rings. The summed E-state index contributed by atoms with van der Waals surface area (Å²) in [5.74, 6) is 0.181. The van der Waals surface area contributed by atoms with E-state index in [4.69, 9.17) is 22.1 Å². The molecule has 0 saturated carbocycles. The van der Waals surface area contributed by atoms with Crippen LogP contribution in [0.3, 0.4) is 0 Å². The molecule has 3 aromatic rings. The Bertz CT molecular complexity index is 807. The zero-order valence-electron chi connectivity index (χ0n) is 11.0. The van der Waals surface area contributed by atoms with E-state index in [0.717, 1.165) is 10.9 Å². The zero-order chi connectivity index (χ0) is 14.8. The first-order chi connectivity index (χ1) is 10.1. The van der Waals surface area contributed by atoms with Crippen molar-refractivity contribution in [1.82, 2.24) is 4.98 Å². The van der Waals surface area contributed by atoms with Gasteiger partial charge in [0, 0.05) is 17.3 Å². The molecular formula is C16H12ClFN2O. The lowest BCUT2D eigenvalue weighted by Gasteiger charge is -2.10. The third kappa shape index (κ3) is 2.76. The van der Waals surface area contributed by atoms with E-state index < -0.39 is 5.82 Å². The Hall–Kier alpha value is -2.33. The number of nitrogens with zero attached hydrogens (tertiary/aromatic N) is 1. The smallest absolute Gasteiger partial charge is 0.146 e. The van der Waals surface area contributed by atoms with E-state index in [1.54, 1.807) is 30.5 Å². The van der Waals surface area contributed by atoms with Gasteiger partial charge in [0.25, 0.3) is 0 Å². The van der Waals surface area contributed by atoms with E-state index in [-0.39, 0.29) is 11.6 Å². The van der Waals surface area contributed by atoms with E-state index >= 15 is 0 Å². The van der Waals surface area contributed by atoms with Gasteiger partial charge in [-0.15, -0.1) is 0 Å². The van der Waals surface area contributed by atoms with Crippen LogP contribution < -0.4 is 10.5 Å². The van der Waals surface area contributed by atoms with E-state index in [1.807, 2.05) is 12.1 Å². The first kappa shape index (κ1) is 13.6. The molecule has 0 aliphatic heterocycles. The molecule has 1 heterocycles. The molecule has 0 amide bonds. The number of hydrogen-bond acceptors (Lipinski definition) is 3. The molecule has 5 heteroatoms. The molecule has 3 rings (SSSR count). The van der Waals surface area contributed by atoms with Crippen molar-refractivity contribution in [3.8, 4) is 5.75 Å². The van der Waals surface area contributed by atoms with Crippen LogP contribution in [0.4, 0.5) is 10.1 Å². The number of halogens is 2. The number of aromatic nitrogens is 1. The van der Waals surface area contributed by atoms with E-state index in [9.17, 15) is 4.39 Å². The maximum atomic E-state index is 13.1. The maximum absolute atomic E-state index is 13.1. The maximum Gasteiger partial charge on any atom is 0.146 e. The molecular weight excluding hydrogens is 291 g/mol. The summed E-state index contributed by atoms with van der Waals surface area (Å²) in [5, 5.41) is 0.920. The van der Waals surface area contributed by atoms with Crippen molar-refractivity contribution in [2.75, 3.05) is 5.73 Å². The summed E-state index contributed by atoms with van der Waals surface area (Å²) < 4.78 is 18.9. The highest BCUT2D eigenvalue weighted by Crippen LogP contribution is 2.28. The lowest BCUT2D eigenvalue weighted by atomic mass is 10.1. The number of pyridine rings is 1. The number of ether oxygens (including phenoxy) is 1. The normalized spacial score (nSPS) is 10.8. The summed E-state index contributed by atoms with van der Waals surface area (Å²) in [7, 11) is 0. The fourth-order valence-electron chi connectivity index (χ4n) is 2.08. The predicted molar refractivity (Wildman–Crippen MR) is 81.9 cm³/mol. The third-order valence-corrected chi connectivity index (χ3v) is 3.43. The van der Waals surface area contributed by atoms with Gasteiger partial charge in [0.1, 0.15) is 23.7 Å². The van der Waals surface area contributed by atoms with Crippen LogP contribution in [0.2, 0.25) is 5.02 Å². The van der Waals surface area contributed by atoms with Gasteiger partial charge in [-0.3, -0.25) is 4.98 Å². The second-order valence-electron chi connectivity index (χ2n) is 4.59. The Morgan fingerprint density at radius 1 is 1.19 bits per heavy atom. The Labute approximate surface area is 126 Å². The van der Waals surface area contributed by atoms with Crippen molar-refractivity contribution in [3.63, 3.8) is 0 Å². The fourth-order valence-corrected chi connectivity index (χ4v) is 2.28. The largest absolute Gasteiger partial charge is 0.487 e. The third-order valence-electron chi connectivity index (χ3n) is 3.14. The molecule has 3 nitrogen and oxygen atoms in total. The lowest BCUT2D eigenvalue weighted by molar-refractivity contribution is 0.309. The van der Waals surface area contributed by atoms with Crippen molar-refractivity contribution in [2.45, 2.75) is 6.61 Å². The number of benzene rings is 2. The summed E-state index contributed by atoms with van der Waals surface area (Å²) in [5.41, 5.74) is 8.04. The summed E-state index contributed by atoms with van der Waals surface area (Å²) in [6, 6.07) is 11.8. The van der Waals surface area contributed by atoms with Crippen LogP contribution in [0, 0.1) is 5.82 Å². The van der Waals surface area contributed by atoms with Gasteiger partial charge in [-0.1, -0.05) is 17.7 Å². The summed E-state index contributed by atoms with van der Waals surface area (Å²) in [4.78, 5) is 4.29. The Kier molecular flexibility index (Phi) is 3.62. The van der Waals surface area contributed by atoms with E-state index in [1.165, 1.54) is 6.07 Å². The fraction of sp³-hybridized carbons (Fsp3) is 0.0625. The Morgan fingerprint density at radius 2 is 2.05 bits per heavy atom. The van der Waals surface area contributed by atoms with Gasteiger partial charge < -0.3 is 10.5 Å².